The highest BCUT2D eigenvalue weighted by Crippen LogP contribution is 2.33. The van der Waals surface area contributed by atoms with Crippen molar-refractivity contribution in [3.05, 3.63) is 12.7 Å². The van der Waals surface area contributed by atoms with Crippen LogP contribution in [-0.2, 0) is 24.2 Å². The Bertz CT molecular complexity index is 348. The third-order valence-corrected chi connectivity index (χ3v) is 2.99. The minimum atomic E-state index is -1.23. The molecule has 0 spiro atoms. The smallest absolute Gasteiger partial charge is 0.299 e. The summed E-state index contributed by atoms with van der Waals surface area (Å²) >= 11 is 0. The third kappa shape index (κ3) is 5.24. The van der Waals surface area contributed by atoms with Crippen molar-refractivity contribution in [3.63, 3.8) is 0 Å². The Morgan fingerprint density at radius 2 is 1.79 bits per heavy atom. The van der Waals surface area contributed by atoms with Crippen LogP contribution in [0.2, 0.25) is 0 Å². The topological polar surface area (TPSA) is 69.7 Å². The molecule has 0 fully saturated rings. The van der Waals surface area contributed by atoms with Crippen molar-refractivity contribution in [2.45, 2.75) is 52.9 Å². The first-order valence-electron chi connectivity index (χ1n) is 6.42. The lowest BCUT2D eigenvalue weighted by molar-refractivity contribution is -0.264. The van der Waals surface area contributed by atoms with Gasteiger partial charge in [-0.1, -0.05) is 19.4 Å². The van der Waals surface area contributed by atoms with Gasteiger partial charge in [-0.15, -0.1) is 6.58 Å². The normalized spacial score (nSPS) is 13.2. The van der Waals surface area contributed by atoms with Crippen LogP contribution >= 0.6 is 0 Å². The molecule has 108 valence electrons. The van der Waals surface area contributed by atoms with Gasteiger partial charge in [-0.2, -0.15) is 0 Å². The maximum absolute atomic E-state index is 12.0. The number of hydrogen-bond acceptors (Lipinski definition) is 5. The molecule has 0 heterocycles. The fourth-order valence-electron chi connectivity index (χ4n) is 1.98. The molecule has 0 aliphatic heterocycles. The molecule has 0 N–H and O–H groups in total. The standard InChI is InChI=1S/C14H22O5/c1-5-7-8-10-14(9-6-2,11(3)15)13(17)19-18-12(4)16/h5H,1,6-10H2,2-4H3/t14-/m0/s1. The van der Waals surface area contributed by atoms with Crippen molar-refractivity contribution in [2.75, 3.05) is 0 Å². The van der Waals surface area contributed by atoms with Crippen LogP contribution in [0.25, 0.3) is 0 Å². The van der Waals surface area contributed by atoms with E-state index < -0.39 is 17.4 Å². The zero-order valence-corrected chi connectivity index (χ0v) is 11.9. The van der Waals surface area contributed by atoms with E-state index >= 15 is 0 Å². The van der Waals surface area contributed by atoms with E-state index in [4.69, 9.17) is 0 Å². The summed E-state index contributed by atoms with van der Waals surface area (Å²) in [7, 11) is 0. The maximum atomic E-state index is 12.0. The van der Waals surface area contributed by atoms with Crippen molar-refractivity contribution in [1.29, 1.82) is 0 Å². The van der Waals surface area contributed by atoms with Crippen LogP contribution in [0, 0.1) is 5.41 Å². The Hall–Kier alpha value is -1.65. The number of unbranched alkanes of at least 4 members (excludes halogenated alkanes) is 1. The monoisotopic (exact) mass is 270 g/mol. The molecule has 5 nitrogen and oxygen atoms in total. The first kappa shape index (κ1) is 17.4. The highest BCUT2D eigenvalue weighted by atomic mass is 17.2. The van der Waals surface area contributed by atoms with E-state index in [1.165, 1.54) is 6.92 Å². The first-order valence-corrected chi connectivity index (χ1v) is 6.42. The van der Waals surface area contributed by atoms with Crippen LogP contribution in [0.4, 0.5) is 0 Å². The molecule has 5 heteroatoms. The van der Waals surface area contributed by atoms with E-state index in [-0.39, 0.29) is 5.78 Å². The molecule has 0 aromatic rings. The minimum absolute atomic E-state index is 0.268. The van der Waals surface area contributed by atoms with Crippen LogP contribution in [0.3, 0.4) is 0 Å². The van der Waals surface area contributed by atoms with E-state index in [2.05, 4.69) is 16.4 Å². The van der Waals surface area contributed by atoms with E-state index in [0.29, 0.717) is 32.1 Å². The average molecular weight is 270 g/mol. The third-order valence-electron chi connectivity index (χ3n) is 2.99. The molecule has 0 radical (unpaired) electrons. The highest BCUT2D eigenvalue weighted by molar-refractivity contribution is 6.02. The number of carbonyl (C=O) groups excluding carboxylic acids is 3. The largest absolute Gasteiger partial charge is 0.368 e. The molecule has 0 amide bonds. The molecule has 0 bridgehead atoms. The summed E-state index contributed by atoms with van der Waals surface area (Å²) < 4.78 is 0. The average Bonchev–Trinajstić information content (AvgIpc) is 2.34. The molecule has 1 atom stereocenters. The lowest BCUT2D eigenvalue weighted by Gasteiger charge is -2.27. The van der Waals surface area contributed by atoms with E-state index in [0.717, 1.165) is 6.92 Å². The number of ketones is 1. The summed E-state index contributed by atoms with van der Waals surface area (Å²) in [5.74, 6) is -1.79. The molecule has 0 saturated carbocycles. The van der Waals surface area contributed by atoms with Gasteiger partial charge in [0.15, 0.2) is 0 Å². The number of rotatable bonds is 8. The number of allylic oxidation sites excluding steroid dienone is 1. The molecule has 19 heavy (non-hydrogen) atoms. The number of Topliss-reactive ketones (excluding diaryl/α,β-unsaturated/α-hetero) is 1. The van der Waals surface area contributed by atoms with Crippen LogP contribution in [0.15, 0.2) is 12.7 Å². The van der Waals surface area contributed by atoms with Crippen molar-refractivity contribution >= 4 is 17.7 Å². The summed E-state index contributed by atoms with van der Waals surface area (Å²) in [4.78, 5) is 43.3. The van der Waals surface area contributed by atoms with Gasteiger partial charge in [0.25, 0.3) is 0 Å². The van der Waals surface area contributed by atoms with Crippen molar-refractivity contribution in [2.24, 2.45) is 5.41 Å². The predicted octanol–water partition coefficient (Wildman–Crippen LogP) is 2.74. The van der Waals surface area contributed by atoms with E-state index in [1.807, 2.05) is 6.92 Å². The van der Waals surface area contributed by atoms with Gasteiger partial charge in [0.1, 0.15) is 11.2 Å². The summed E-state index contributed by atoms with van der Waals surface area (Å²) in [5.41, 5.74) is -1.23. The van der Waals surface area contributed by atoms with Gasteiger partial charge in [-0.25, -0.2) is 19.4 Å². The second kappa shape index (κ2) is 8.45. The number of carbonyl (C=O) groups is 3. The Labute approximate surface area is 113 Å². The first-order chi connectivity index (χ1) is 8.90. The fourth-order valence-corrected chi connectivity index (χ4v) is 1.98. The lowest BCUT2D eigenvalue weighted by atomic mass is 9.75. The lowest BCUT2D eigenvalue weighted by Crippen LogP contribution is -2.39. The SMILES string of the molecule is C=CCCC[C@@](CCC)(C(C)=O)C(=O)OOC(C)=O. The molecule has 0 rings (SSSR count). The minimum Gasteiger partial charge on any atom is -0.299 e. The van der Waals surface area contributed by atoms with Gasteiger partial charge in [0, 0.05) is 6.92 Å². The van der Waals surface area contributed by atoms with Crippen molar-refractivity contribution < 1.29 is 24.2 Å². The molecule has 0 unspecified atom stereocenters. The Kier molecular flexibility index (Phi) is 7.72. The van der Waals surface area contributed by atoms with Gasteiger partial charge < -0.3 is 0 Å². The molecule has 0 saturated heterocycles. The van der Waals surface area contributed by atoms with Crippen LogP contribution < -0.4 is 0 Å². The van der Waals surface area contributed by atoms with E-state index in [9.17, 15) is 14.4 Å². The molecule has 0 aromatic heterocycles. The Balaban J connectivity index is 4.97. The van der Waals surface area contributed by atoms with Gasteiger partial charge in [-0.3, -0.25) is 4.79 Å². The second-order valence-corrected chi connectivity index (χ2v) is 4.51. The molecule has 0 aliphatic carbocycles. The molecule has 0 aliphatic rings. The Morgan fingerprint density at radius 3 is 2.21 bits per heavy atom. The maximum Gasteiger partial charge on any atom is 0.368 e. The zero-order chi connectivity index (χ0) is 14.9. The van der Waals surface area contributed by atoms with E-state index in [1.54, 1.807) is 6.08 Å². The second-order valence-electron chi connectivity index (χ2n) is 4.51. The molecular formula is C14H22O5. The van der Waals surface area contributed by atoms with Gasteiger partial charge in [0.2, 0.25) is 0 Å². The quantitative estimate of drug-likeness (QED) is 0.223. The zero-order valence-electron chi connectivity index (χ0n) is 11.9. The summed E-state index contributed by atoms with van der Waals surface area (Å²) in [6.45, 7) is 7.97. The van der Waals surface area contributed by atoms with Crippen molar-refractivity contribution in [1.82, 2.24) is 0 Å². The Morgan fingerprint density at radius 1 is 1.16 bits per heavy atom. The summed E-state index contributed by atoms with van der Waals surface area (Å²) in [6, 6.07) is 0. The fraction of sp³-hybridized carbons (Fsp3) is 0.643. The van der Waals surface area contributed by atoms with Crippen LogP contribution in [0.5, 0.6) is 0 Å². The highest BCUT2D eigenvalue weighted by Gasteiger charge is 2.44. The summed E-state index contributed by atoms with van der Waals surface area (Å²) in [6.07, 6.45) is 4.48. The van der Waals surface area contributed by atoms with Crippen LogP contribution in [-0.4, -0.2) is 17.7 Å². The van der Waals surface area contributed by atoms with Gasteiger partial charge >= 0.3 is 11.9 Å². The van der Waals surface area contributed by atoms with Gasteiger partial charge in [0.05, 0.1) is 0 Å². The van der Waals surface area contributed by atoms with Crippen LogP contribution in [0.1, 0.15) is 52.9 Å². The molecule has 0 aromatic carbocycles. The summed E-state index contributed by atoms with van der Waals surface area (Å²) in [5, 5.41) is 0. The predicted molar refractivity (Wildman–Crippen MR) is 69.9 cm³/mol. The van der Waals surface area contributed by atoms with Gasteiger partial charge in [-0.05, 0) is 32.6 Å². The van der Waals surface area contributed by atoms with Crippen molar-refractivity contribution in [3.8, 4) is 0 Å². The molecular weight excluding hydrogens is 248 g/mol. The number of hydrogen-bond donors (Lipinski definition) is 0.